The van der Waals surface area contributed by atoms with Crippen LogP contribution in [-0.2, 0) is 22.9 Å². The van der Waals surface area contributed by atoms with Crippen molar-refractivity contribution < 1.29 is 13.5 Å². The molecule has 5 heteroatoms. The van der Waals surface area contributed by atoms with Crippen molar-refractivity contribution in [1.82, 2.24) is 4.72 Å². The number of hydrogen-bond acceptors (Lipinski definition) is 3. The van der Waals surface area contributed by atoms with Gasteiger partial charge >= 0.3 is 0 Å². The third-order valence-corrected chi connectivity index (χ3v) is 5.18. The normalized spacial score (nSPS) is 16.9. The molecule has 0 aromatic heterocycles. The lowest BCUT2D eigenvalue weighted by Crippen LogP contribution is -2.36. The average molecular weight is 283 g/mol. The van der Waals surface area contributed by atoms with Gasteiger partial charge < -0.3 is 5.11 Å². The summed E-state index contributed by atoms with van der Waals surface area (Å²) in [5.74, 6) is 0. The highest BCUT2D eigenvalue weighted by Crippen LogP contribution is 2.24. The zero-order valence-electron chi connectivity index (χ0n) is 11.2. The van der Waals surface area contributed by atoms with E-state index in [0.29, 0.717) is 11.3 Å². The van der Waals surface area contributed by atoms with Gasteiger partial charge in [0.15, 0.2) is 0 Å². The van der Waals surface area contributed by atoms with Gasteiger partial charge in [-0.1, -0.05) is 13.0 Å². The summed E-state index contributed by atoms with van der Waals surface area (Å²) in [7, 11) is -3.53. The van der Waals surface area contributed by atoms with Crippen LogP contribution in [0.2, 0.25) is 0 Å². The van der Waals surface area contributed by atoms with Crippen molar-refractivity contribution in [2.24, 2.45) is 0 Å². The van der Waals surface area contributed by atoms with Crippen molar-refractivity contribution >= 4 is 10.0 Å². The maximum atomic E-state index is 12.2. The molecular formula is C14H21NO3S. The molecule has 0 spiro atoms. The van der Waals surface area contributed by atoms with Crippen LogP contribution in [0, 0.1) is 0 Å². The first-order valence-corrected chi connectivity index (χ1v) is 8.30. The van der Waals surface area contributed by atoms with E-state index in [1.807, 2.05) is 13.0 Å². The second kappa shape index (κ2) is 6.03. The molecule has 4 nitrogen and oxygen atoms in total. The Morgan fingerprint density at radius 1 is 1.26 bits per heavy atom. The molecule has 0 fully saturated rings. The lowest BCUT2D eigenvalue weighted by atomic mass is 9.92. The van der Waals surface area contributed by atoms with Crippen molar-refractivity contribution in [2.75, 3.05) is 6.61 Å². The molecule has 1 atom stereocenters. The van der Waals surface area contributed by atoms with Crippen LogP contribution in [0.4, 0.5) is 0 Å². The van der Waals surface area contributed by atoms with E-state index in [1.165, 1.54) is 12.0 Å². The van der Waals surface area contributed by atoms with Crippen LogP contribution in [-0.4, -0.2) is 26.2 Å². The van der Waals surface area contributed by atoms with E-state index in [2.05, 4.69) is 4.72 Å². The number of rotatable bonds is 5. The minimum atomic E-state index is -3.53. The standard InChI is InChI=1S/C14H21NO3S/c1-2-13(10-16)15-19(17,18)14-8-7-11-5-3-4-6-12(11)9-14/h7-9,13,15-16H,2-6,10H2,1H3. The molecule has 0 amide bonds. The highest BCUT2D eigenvalue weighted by atomic mass is 32.2. The topological polar surface area (TPSA) is 66.4 Å². The van der Waals surface area contributed by atoms with Crippen molar-refractivity contribution in [3.8, 4) is 0 Å². The largest absolute Gasteiger partial charge is 0.395 e. The summed E-state index contributed by atoms with van der Waals surface area (Å²) in [6.07, 6.45) is 4.87. The molecule has 1 aliphatic rings. The number of aliphatic hydroxyl groups excluding tert-OH is 1. The maximum Gasteiger partial charge on any atom is 0.240 e. The van der Waals surface area contributed by atoms with Gasteiger partial charge in [0.2, 0.25) is 10.0 Å². The molecule has 2 N–H and O–H groups in total. The molecule has 1 unspecified atom stereocenters. The number of hydrogen-bond donors (Lipinski definition) is 2. The van der Waals surface area contributed by atoms with Crippen LogP contribution >= 0.6 is 0 Å². The molecule has 1 aliphatic carbocycles. The maximum absolute atomic E-state index is 12.2. The van der Waals surface area contributed by atoms with Crippen LogP contribution in [0.1, 0.15) is 37.3 Å². The minimum Gasteiger partial charge on any atom is -0.395 e. The highest BCUT2D eigenvalue weighted by Gasteiger charge is 2.20. The summed E-state index contributed by atoms with van der Waals surface area (Å²) in [5.41, 5.74) is 2.41. The van der Waals surface area contributed by atoms with Crippen molar-refractivity contribution in [3.63, 3.8) is 0 Å². The van der Waals surface area contributed by atoms with Gasteiger partial charge in [-0.25, -0.2) is 13.1 Å². The number of aryl methyl sites for hydroxylation is 2. The van der Waals surface area contributed by atoms with Gasteiger partial charge in [-0.3, -0.25) is 0 Å². The first kappa shape index (κ1) is 14.5. The molecule has 1 aromatic carbocycles. The fraction of sp³-hybridized carbons (Fsp3) is 0.571. The molecule has 19 heavy (non-hydrogen) atoms. The predicted octanol–water partition coefficient (Wildman–Crippen LogP) is 1.61. The van der Waals surface area contributed by atoms with Crippen LogP contribution < -0.4 is 4.72 Å². The Morgan fingerprint density at radius 2 is 1.95 bits per heavy atom. The van der Waals surface area contributed by atoms with Crippen LogP contribution in [0.25, 0.3) is 0 Å². The van der Waals surface area contributed by atoms with Crippen molar-refractivity contribution in [3.05, 3.63) is 29.3 Å². The summed E-state index contributed by atoms with van der Waals surface area (Å²) in [5, 5.41) is 9.10. The lowest BCUT2D eigenvalue weighted by molar-refractivity contribution is 0.254. The Hall–Kier alpha value is -0.910. The Balaban J connectivity index is 2.25. The average Bonchev–Trinajstić information content (AvgIpc) is 2.44. The molecular weight excluding hydrogens is 262 g/mol. The van der Waals surface area contributed by atoms with Gasteiger partial charge in [0.1, 0.15) is 0 Å². The highest BCUT2D eigenvalue weighted by molar-refractivity contribution is 7.89. The fourth-order valence-corrected chi connectivity index (χ4v) is 3.77. The first-order chi connectivity index (χ1) is 9.06. The van der Waals surface area contributed by atoms with Gasteiger partial charge in [-0.05, 0) is 55.4 Å². The third-order valence-electron chi connectivity index (χ3n) is 3.67. The molecule has 0 aliphatic heterocycles. The zero-order valence-corrected chi connectivity index (χ0v) is 12.0. The smallest absolute Gasteiger partial charge is 0.240 e. The second-order valence-electron chi connectivity index (χ2n) is 5.05. The molecule has 2 rings (SSSR count). The van der Waals surface area contributed by atoms with E-state index in [0.717, 1.165) is 24.8 Å². The summed E-state index contributed by atoms with van der Waals surface area (Å²) in [4.78, 5) is 0.306. The van der Waals surface area contributed by atoms with E-state index < -0.39 is 16.1 Å². The van der Waals surface area contributed by atoms with Crippen LogP contribution in [0.5, 0.6) is 0 Å². The summed E-state index contributed by atoms with van der Waals surface area (Å²) in [6, 6.07) is 4.95. The summed E-state index contributed by atoms with van der Waals surface area (Å²) in [6.45, 7) is 1.66. The van der Waals surface area contributed by atoms with Crippen LogP contribution in [0.15, 0.2) is 23.1 Å². The van der Waals surface area contributed by atoms with Gasteiger partial charge in [0.05, 0.1) is 11.5 Å². The van der Waals surface area contributed by atoms with Gasteiger partial charge in [0, 0.05) is 6.04 Å². The first-order valence-electron chi connectivity index (χ1n) is 6.82. The van der Waals surface area contributed by atoms with Gasteiger partial charge in [-0.2, -0.15) is 0 Å². The second-order valence-corrected chi connectivity index (χ2v) is 6.76. The third kappa shape index (κ3) is 3.35. The number of sulfonamides is 1. The van der Waals surface area contributed by atoms with E-state index in [1.54, 1.807) is 12.1 Å². The van der Waals surface area contributed by atoms with E-state index in [-0.39, 0.29) is 6.61 Å². The van der Waals surface area contributed by atoms with E-state index in [9.17, 15) is 8.42 Å². The van der Waals surface area contributed by atoms with Gasteiger partial charge in [-0.15, -0.1) is 0 Å². The van der Waals surface area contributed by atoms with E-state index in [4.69, 9.17) is 5.11 Å². The minimum absolute atomic E-state index is 0.180. The summed E-state index contributed by atoms with van der Waals surface area (Å²) >= 11 is 0. The molecule has 0 heterocycles. The Labute approximate surface area is 114 Å². The molecule has 0 saturated heterocycles. The van der Waals surface area contributed by atoms with E-state index >= 15 is 0 Å². The quantitative estimate of drug-likeness (QED) is 0.863. The Kier molecular flexibility index (Phi) is 4.60. The number of nitrogens with one attached hydrogen (secondary N) is 1. The predicted molar refractivity (Wildman–Crippen MR) is 74.6 cm³/mol. The summed E-state index contributed by atoms with van der Waals surface area (Å²) < 4.78 is 27.0. The monoisotopic (exact) mass is 283 g/mol. The molecule has 0 saturated carbocycles. The number of fused-ring (bicyclic) bond motifs is 1. The fourth-order valence-electron chi connectivity index (χ4n) is 2.41. The molecule has 1 aromatic rings. The molecule has 0 radical (unpaired) electrons. The molecule has 106 valence electrons. The number of benzene rings is 1. The Morgan fingerprint density at radius 3 is 2.58 bits per heavy atom. The molecule has 0 bridgehead atoms. The van der Waals surface area contributed by atoms with Crippen LogP contribution in [0.3, 0.4) is 0 Å². The van der Waals surface area contributed by atoms with Crippen molar-refractivity contribution in [2.45, 2.75) is 50.0 Å². The number of aliphatic hydroxyl groups is 1. The Bertz CT molecular complexity index is 536. The lowest BCUT2D eigenvalue weighted by Gasteiger charge is -2.18. The van der Waals surface area contributed by atoms with Crippen molar-refractivity contribution in [1.29, 1.82) is 0 Å². The van der Waals surface area contributed by atoms with Gasteiger partial charge in [0.25, 0.3) is 0 Å². The zero-order chi connectivity index (χ0) is 13.9. The SMILES string of the molecule is CCC(CO)NS(=O)(=O)c1ccc2c(c1)CCCC2.